The fourth-order valence-corrected chi connectivity index (χ4v) is 2.83. The van der Waals surface area contributed by atoms with Crippen LogP contribution in [0.15, 0.2) is 23.1 Å². The highest BCUT2D eigenvalue weighted by atomic mass is 32.2. The van der Waals surface area contributed by atoms with Crippen molar-refractivity contribution < 1.29 is 14.2 Å². The van der Waals surface area contributed by atoms with Gasteiger partial charge < -0.3 is 19.5 Å². The predicted octanol–water partition coefficient (Wildman–Crippen LogP) is 1.50. The average Bonchev–Trinajstić information content (AvgIpc) is 2.85. The molecule has 1 N–H and O–H groups in total. The number of benzene rings is 1. The molecule has 1 saturated heterocycles. The lowest BCUT2D eigenvalue weighted by atomic mass is 10.3. The zero-order chi connectivity index (χ0) is 11.5. The molecule has 0 aliphatic carbocycles. The van der Waals surface area contributed by atoms with Gasteiger partial charge >= 0.3 is 0 Å². The minimum Gasteiger partial charge on any atom is -0.454 e. The lowest BCUT2D eigenvalue weighted by molar-refractivity contribution is 0.0441. The molecule has 1 aromatic carbocycles. The van der Waals surface area contributed by atoms with Crippen LogP contribution < -0.4 is 14.8 Å². The second-order valence-corrected chi connectivity index (χ2v) is 5.12. The molecule has 0 bridgehead atoms. The molecule has 0 radical (unpaired) electrons. The summed E-state index contributed by atoms with van der Waals surface area (Å²) < 4.78 is 16.3. The molecule has 5 heteroatoms. The molecule has 1 atom stereocenters. The average molecular weight is 253 g/mol. The fourth-order valence-electron chi connectivity index (χ4n) is 1.88. The quantitative estimate of drug-likeness (QED) is 0.827. The molecule has 1 aromatic rings. The second-order valence-electron chi connectivity index (χ2n) is 4.02. The molecule has 2 aliphatic heterocycles. The van der Waals surface area contributed by atoms with E-state index in [0.29, 0.717) is 12.9 Å². The lowest BCUT2D eigenvalue weighted by Crippen LogP contribution is -2.39. The molecule has 0 saturated carbocycles. The molecule has 3 rings (SSSR count). The third-order valence-electron chi connectivity index (χ3n) is 2.78. The first-order valence-corrected chi connectivity index (χ1v) is 6.75. The molecule has 1 unspecified atom stereocenters. The van der Waals surface area contributed by atoms with Crippen LogP contribution in [0.25, 0.3) is 0 Å². The minimum atomic E-state index is 0.305. The molecule has 4 nitrogen and oxygen atoms in total. The third-order valence-corrected chi connectivity index (χ3v) is 3.91. The Morgan fingerprint density at radius 3 is 3.12 bits per heavy atom. The van der Waals surface area contributed by atoms with Gasteiger partial charge in [-0.25, -0.2) is 0 Å². The van der Waals surface area contributed by atoms with E-state index in [1.54, 1.807) is 11.8 Å². The van der Waals surface area contributed by atoms with Gasteiger partial charge in [-0.15, -0.1) is 11.8 Å². The van der Waals surface area contributed by atoms with Crippen molar-refractivity contribution in [1.82, 2.24) is 5.32 Å². The maximum absolute atomic E-state index is 5.65. The Bertz CT molecular complexity index is 393. The maximum atomic E-state index is 5.65. The van der Waals surface area contributed by atoms with Crippen molar-refractivity contribution >= 4 is 11.8 Å². The van der Waals surface area contributed by atoms with Crippen LogP contribution in [0.3, 0.4) is 0 Å². The van der Waals surface area contributed by atoms with Crippen molar-refractivity contribution in [3.8, 4) is 11.5 Å². The molecule has 0 aromatic heterocycles. The maximum Gasteiger partial charge on any atom is 0.231 e. The van der Waals surface area contributed by atoms with Crippen LogP contribution in [-0.2, 0) is 4.74 Å². The van der Waals surface area contributed by atoms with Crippen LogP contribution in [0.5, 0.6) is 11.5 Å². The highest BCUT2D eigenvalue weighted by molar-refractivity contribution is 7.99. The summed E-state index contributed by atoms with van der Waals surface area (Å²) in [5.41, 5.74) is 0. The number of ether oxygens (including phenoxy) is 3. The first kappa shape index (κ1) is 11.2. The van der Waals surface area contributed by atoms with E-state index in [9.17, 15) is 0 Å². The van der Waals surface area contributed by atoms with E-state index >= 15 is 0 Å². The van der Waals surface area contributed by atoms with Crippen molar-refractivity contribution in [3.63, 3.8) is 0 Å². The molecular formula is C12H15NO3S. The summed E-state index contributed by atoms with van der Waals surface area (Å²) in [5.74, 6) is 2.65. The van der Waals surface area contributed by atoms with E-state index in [1.807, 2.05) is 12.1 Å². The summed E-state index contributed by atoms with van der Waals surface area (Å²) in [7, 11) is 0. The number of hydrogen-bond acceptors (Lipinski definition) is 5. The summed E-state index contributed by atoms with van der Waals surface area (Å²) in [5, 5.41) is 3.33. The molecular weight excluding hydrogens is 238 g/mol. The van der Waals surface area contributed by atoms with Crippen LogP contribution in [0, 0.1) is 0 Å². The Morgan fingerprint density at radius 2 is 2.24 bits per heavy atom. The number of hydrogen-bond donors (Lipinski definition) is 1. The molecule has 0 amide bonds. The zero-order valence-electron chi connectivity index (χ0n) is 9.48. The van der Waals surface area contributed by atoms with Gasteiger partial charge in [0.15, 0.2) is 11.5 Å². The molecule has 0 spiro atoms. The number of rotatable bonds is 3. The topological polar surface area (TPSA) is 39.7 Å². The van der Waals surface area contributed by atoms with E-state index in [0.717, 1.165) is 36.9 Å². The van der Waals surface area contributed by atoms with Gasteiger partial charge in [-0.3, -0.25) is 0 Å². The highest BCUT2D eigenvalue weighted by Gasteiger charge is 2.16. The summed E-state index contributed by atoms with van der Waals surface area (Å²) >= 11 is 1.79. The van der Waals surface area contributed by atoms with Crippen molar-refractivity contribution in [3.05, 3.63) is 18.2 Å². The monoisotopic (exact) mass is 253 g/mol. The summed E-state index contributed by atoms with van der Waals surface area (Å²) in [4.78, 5) is 1.20. The van der Waals surface area contributed by atoms with Crippen molar-refractivity contribution in [1.29, 1.82) is 0 Å². The van der Waals surface area contributed by atoms with E-state index in [-0.39, 0.29) is 0 Å². The van der Waals surface area contributed by atoms with E-state index in [2.05, 4.69) is 11.4 Å². The Labute approximate surface area is 105 Å². The van der Waals surface area contributed by atoms with Gasteiger partial charge in [0, 0.05) is 23.7 Å². The standard InChI is InChI=1S/C12H15NO3S/c1-2-11-12(16-8-15-11)5-10(1)17-7-9-6-13-3-4-14-9/h1-2,5,9,13H,3-4,6-8H2. The van der Waals surface area contributed by atoms with Crippen molar-refractivity contribution in [2.75, 3.05) is 32.2 Å². The number of thioether (sulfide) groups is 1. The van der Waals surface area contributed by atoms with Gasteiger partial charge in [0.05, 0.1) is 12.7 Å². The SMILES string of the molecule is c1cc2c(cc1SCC1CNCCO1)OCO2. The third kappa shape index (κ3) is 2.68. The first-order chi connectivity index (χ1) is 8.42. The minimum absolute atomic E-state index is 0.305. The van der Waals surface area contributed by atoms with E-state index in [1.165, 1.54) is 4.90 Å². The van der Waals surface area contributed by atoms with Crippen molar-refractivity contribution in [2.24, 2.45) is 0 Å². The number of fused-ring (bicyclic) bond motifs is 1. The molecule has 2 aliphatic rings. The smallest absolute Gasteiger partial charge is 0.231 e. The van der Waals surface area contributed by atoms with Crippen LogP contribution in [0.4, 0.5) is 0 Å². The Kier molecular flexibility index (Phi) is 3.40. The Balaban J connectivity index is 1.57. The summed E-state index contributed by atoms with van der Waals surface area (Å²) in [6.45, 7) is 3.05. The van der Waals surface area contributed by atoms with E-state index < -0.39 is 0 Å². The van der Waals surface area contributed by atoms with E-state index in [4.69, 9.17) is 14.2 Å². The lowest BCUT2D eigenvalue weighted by Gasteiger charge is -2.23. The van der Waals surface area contributed by atoms with Crippen LogP contribution in [0.1, 0.15) is 0 Å². The van der Waals surface area contributed by atoms with Crippen LogP contribution >= 0.6 is 11.8 Å². The fraction of sp³-hybridized carbons (Fsp3) is 0.500. The molecule has 17 heavy (non-hydrogen) atoms. The molecule has 1 fully saturated rings. The van der Waals surface area contributed by atoms with Gasteiger partial charge in [0.2, 0.25) is 6.79 Å². The van der Waals surface area contributed by atoms with Crippen molar-refractivity contribution in [2.45, 2.75) is 11.0 Å². The number of nitrogens with one attached hydrogen (secondary N) is 1. The summed E-state index contributed by atoms with van der Waals surface area (Å²) in [6.07, 6.45) is 0.305. The van der Waals surface area contributed by atoms with Gasteiger partial charge in [0.1, 0.15) is 0 Å². The Hall–Kier alpha value is -0.910. The highest BCUT2D eigenvalue weighted by Crippen LogP contribution is 2.35. The first-order valence-electron chi connectivity index (χ1n) is 5.76. The normalized spacial score (nSPS) is 22.7. The van der Waals surface area contributed by atoms with Crippen LogP contribution in [0.2, 0.25) is 0 Å². The zero-order valence-corrected chi connectivity index (χ0v) is 10.3. The number of morpholine rings is 1. The van der Waals surface area contributed by atoms with Gasteiger partial charge in [-0.2, -0.15) is 0 Å². The predicted molar refractivity (Wildman–Crippen MR) is 65.9 cm³/mol. The second kappa shape index (κ2) is 5.16. The Morgan fingerprint density at radius 1 is 1.29 bits per heavy atom. The van der Waals surface area contributed by atoms with Gasteiger partial charge in [-0.1, -0.05) is 0 Å². The molecule has 2 heterocycles. The largest absolute Gasteiger partial charge is 0.454 e. The molecule has 92 valence electrons. The van der Waals surface area contributed by atoms with Gasteiger partial charge in [0.25, 0.3) is 0 Å². The summed E-state index contributed by atoms with van der Waals surface area (Å²) in [6, 6.07) is 6.06. The van der Waals surface area contributed by atoms with Gasteiger partial charge in [-0.05, 0) is 18.2 Å². The van der Waals surface area contributed by atoms with Crippen LogP contribution in [-0.4, -0.2) is 38.3 Å².